The van der Waals surface area contributed by atoms with Gasteiger partial charge in [-0.05, 0) is 25.8 Å². The van der Waals surface area contributed by atoms with Gasteiger partial charge in [0.15, 0.2) is 5.13 Å². The van der Waals surface area contributed by atoms with Gasteiger partial charge < -0.3 is 11.1 Å². The second-order valence-corrected chi connectivity index (χ2v) is 5.78. The first-order chi connectivity index (χ1) is 9.56. The molecule has 0 aliphatic carbocycles. The van der Waals surface area contributed by atoms with E-state index in [-0.39, 0.29) is 24.4 Å². The summed E-state index contributed by atoms with van der Waals surface area (Å²) in [4.78, 5) is 16.2. The molecule has 0 aliphatic heterocycles. The third kappa shape index (κ3) is 5.12. The van der Waals surface area contributed by atoms with E-state index in [9.17, 15) is 4.79 Å². The van der Waals surface area contributed by atoms with Crippen molar-refractivity contribution in [2.45, 2.75) is 32.7 Å². The quantitative estimate of drug-likeness (QED) is 0.882. The highest BCUT2D eigenvalue weighted by atomic mass is 35.5. The molecule has 0 saturated heterocycles. The molecule has 0 saturated carbocycles. The molecule has 0 bridgehead atoms. The molecule has 1 unspecified atom stereocenters. The van der Waals surface area contributed by atoms with E-state index in [1.54, 1.807) is 0 Å². The van der Waals surface area contributed by atoms with E-state index in [4.69, 9.17) is 5.73 Å². The number of carbonyl (C=O) groups is 1. The van der Waals surface area contributed by atoms with E-state index < -0.39 is 0 Å². The maximum absolute atomic E-state index is 11.7. The molecule has 1 heterocycles. The maximum Gasteiger partial charge on any atom is 0.226 e. The van der Waals surface area contributed by atoms with Crippen molar-refractivity contribution >= 4 is 34.8 Å². The number of nitrogens with two attached hydrogens (primary N) is 1. The summed E-state index contributed by atoms with van der Waals surface area (Å²) in [7, 11) is 0. The number of benzene rings is 1. The van der Waals surface area contributed by atoms with Crippen molar-refractivity contribution in [1.29, 1.82) is 0 Å². The highest BCUT2D eigenvalue weighted by Crippen LogP contribution is 2.27. The Hall–Kier alpha value is -1.43. The number of anilines is 1. The Morgan fingerprint density at radius 3 is 2.81 bits per heavy atom. The average Bonchev–Trinajstić information content (AvgIpc) is 2.85. The Balaban J connectivity index is 0.00000220. The van der Waals surface area contributed by atoms with Crippen molar-refractivity contribution in [3.05, 3.63) is 35.2 Å². The van der Waals surface area contributed by atoms with E-state index in [0.29, 0.717) is 18.0 Å². The molecule has 0 spiro atoms. The maximum atomic E-state index is 11.7. The molecule has 3 N–H and O–H groups in total. The van der Waals surface area contributed by atoms with Gasteiger partial charge in [0.05, 0.1) is 5.69 Å². The molecule has 0 radical (unpaired) electrons. The summed E-state index contributed by atoms with van der Waals surface area (Å²) in [5.41, 5.74) is 8.81. The van der Waals surface area contributed by atoms with Crippen LogP contribution < -0.4 is 11.1 Å². The number of hydrogen-bond acceptors (Lipinski definition) is 4. The Labute approximate surface area is 135 Å². The summed E-state index contributed by atoms with van der Waals surface area (Å²) in [5, 5.41) is 5.42. The molecule has 6 heteroatoms. The predicted molar refractivity (Wildman–Crippen MR) is 91.0 cm³/mol. The number of carbonyl (C=O) groups excluding carboxylic acids is 1. The minimum absolute atomic E-state index is 0. The van der Waals surface area contributed by atoms with E-state index in [0.717, 1.165) is 11.3 Å². The lowest BCUT2D eigenvalue weighted by Crippen LogP contribution is -2.19. The Kier molecular flexibility index (Phi) is 6.81. The monoisotopic (exact) mass is 325 g/mol. The summed E-state index contributed by atoms with van der Waals surface area (Å²) in [6.45, 7) is 3.95. The highest BCUT2D eigenvalue weighted by Gasteiger charge is 2.09. The molecule has 21 heavy (non-hydrogen) atoms. The van der Waals surface area contributed by atoms with E-state index >= 15 is 0 Å². The number of hydrogen-bond donors (Lipinski definition) is 2. The normalized spacial score (nSPS) is 11.6. The zero-order chi connectivity index (χ0) is 14.5. The molecular formula is C15H20ClN3OS. The lowest BCUT2D eigenvalue weighted by Gasteiger charge is -2.04. The predicted octanol–water partition coefficient (Wildman–Crippen LogP) is 3.61. The topological polar surface area (TPSA) is 68.0 Å². The average molecular weight is 326 g/mol. The fraction of sp³-hybridized carbons (Fsp3) is 0.333. The molecule has 114 valence electrons. The van der Waals surface area contributed by atoms with Gasteiger partial charge in [-0.2, -0.15) is 0 Å². The molecule has 2 aromatic rings. The van der Waals surface area contributed by atoms with Gasteiger partial charge >= 0.3 is 0 Å². The second kappa shape index (κ2) is 8.12. The molecule has 1 aromatic carbocycles. The van der Waals surface area contributed by atoms with E-state index in [2.05, 4.69) is 23.3 Å². The largest absolute Gasteiger partial charge is 0.328 e. The van der Waals surface area contributed by atoms with E-state index in [1.165, 1.54) is 16.9 Å². The summed E-state index contributed by atoms with van der Waals surface area (Å²) in [5.74, 6) is -0.0343. The van der Waals surface area contributed by atoms with Crippen molar-refractivity contribution in [3.63, 3.8) is 0 Å². The summed E-state index contributed by atoms with van der Waals surface area (Å²) in [6.07, 6.45) is 1.11. The minimum atomic E-state index is -0.0343. The second-order valence-electron chi connectivity index (χ2n) is 4.92. The number of rotatable bonds is 5. The van der Waals surface area contributed by atoms with E-state index in [1.807, 2.05) is 30.5 Å². The molecule has 4 nitrogen and oxygen atoms in total. The van der Waals surface area contributed by atoms with Crippen molar-refractivity contribution in [1.82, 2.24) is 4.98 Å². The third-order valence-corrected chi connectivity index (χ3v) is 3.76. The van der Waals surface area contributed by atoms with Gasteiger partial charge in [-0.25, -0.2) is 4.98 Å². The molecule has 0 fully saturated rings. The first kappa shape index (κ1) is 17.6. The zero-order valence-corrected chi connectivity index (χ0v) is 13.8. The van der Waals surface area contributed by atoms with Gasteiger partial charge in [0.2, 0.25) is 5.91 Å². The molecular weight excluding hydrogens is 306 g/mol. The van der Waals surface area contributed by atoms with Crippen molar-refractivity contribution in [2.24, 2.45) is 5.73 Å². The first-order valence-electron chi connectivity index (χ1n) is 6.63. The number of nitrogens with zero attached hydrogens (tertiary/aromatic N) is 1. The van der Waals surface area contributed by atoms with Crippen LogP contribution in [0.2, 0.25) is 0 Å². The molecule has 0 aliphatic rings. The van der Waals surface area contributed by atoms with Crippen LogP contribution in [0.3, 0.4) is 0 Å². The van der Waals surface area contributed by atoms with Gasteiger partial charge in [-0.3, -0.25) is 4.79 Å². The molecule has 1 atom stereocenters. The van der Waals surface area contributed by atoms with Crippen LogP contribution in [0, 0.1) is 6.92 Å². The Bertz CT molecular complexity index is 598. The lowest BCUT2D eigenvalue weighted by molar-refractivity contribution is -0.116. The van der Waals surface area contributed by atoms with Crippen LogP contribution in [-0.2, 0) is 4.79 Å². The summed E-state index contributed by atoms with van der Waals surface area (Å²) < 4.78 is 0. The smallest absolute Gasteiger partial charge is 0.226 e. The molecule has 1 amide bonds. The SMILES string of the molecule is Cc1ccccc1-c1csc(NC(=O)CCC(C)N)n1.Cl. The van der Waals surface area contributed by atoms with Crippen LogP contribution >= 0.6 is 23.7 Å². The van der Waals surface area contributed by atoms with Gasteiger partial charge in [0.1, 0.15) is 0 Å². The molecule has 2 rings (SSSR count). The van der Waals surface area contributed by atoms with Crippen LogP contribution in [0.25, 0.3) is 11.3 Å². The summed E-state index contributed by atoms with van der Waals surface area (Å²) in [6, 6.07) is 8.12. The van der Waals surface area contributed by atoms with Crippen LogP contribution in [0.4, 0.5) is 5.13 Å². The fourth-order valence-electron chi connectivity index (χ4n) is 1.86. The number of aryl methyl sites for hydroxylation is 1. The number of thiazole rings is 1. The van der Waals surface area contributed by atoms with Crippen LogP contribution in [0.1, 0.15) is 25.3 Å². The van der Waals surface area contributed by atoms with Crippen molar-refractivity contribution in [3.8, 4) is 11.3 Å². The van der Waals surface area contributed by atoms with Gasteiger partial charge in [-0.15, -0.1) is 23.7 Å². The lowest BCUT2D eigenvalue weighted by atomic mass is 10.1. The zero-order valence-electron chi connectivity index (χ0n) is 12.1. The number of halogens is 1. The van der Waals surface area contributed by atoms with Gasteiger partial charge in [0, 0.05) is 23.4 Å². The third-order valence-electron chi connectivity index (χ3n) is 3.00. The van der Waals surface area contributed by atoms with Crippen molar-refractivity contribution < 1.29 is 4.79 Å². The van der Waals surface area contributed by atoms with Gasteiger partial charge in [0.25, 0.3) is 0 Å². The minimum Gasteiger partial charge on any atom is -0.328 e. The Morgan fingerprint density at radius 2 is 2.14 bits per heavy atom. The Morgan fingerprint density at radius 1 is 1.43 bits per heavy atom. The molecule has 1 aromatic heterocycles. The number of nitrogens with one attached hydrogen (secondary N) is 1. The standard InChI is InChI=1S/C15H19N3OS.ClH/c1-10-5-3-4-6-12(10)13-9-20-15(17-13)18-14(19)8-7-11(2)16;/h3-6,9,11H,7-8,16H2,1-2H3,(H,17,18,19);1H. The summed E-state index contributed by atoms with van der Waals surface area (Å²) >= 11 is 1.44. The highest BCUT2D eigenvalue weighted by molar-refractivity contribution is 7.14. The first-order valence-corrected chi connectivity index (χ1v) is 7.51. The van der Waals surface area contributed by atoms with Crippen molar-refractivity contribution in [2.75, 3.05) is 5.32 Å². The van der Waals surface area contributed by atoms with Crippen LogP contribution in [0.5, 0.6) is 0 Å². The number of aromatic nitrogens is 1. The van der Waals surface area contributed by atoms with Gasteiger partial charge in [-0.1, -0.05) is 24.3 Å². The number of amides is 1. The fourth-order valence-corrected chi connectivity index (χ4v) is 2.58. The van der Waals surface area contributed by atoms with Crippen LogP contribution in [-0.4, -0.2) is 16.9 Å². The van der Waals surface area contributed by atoms with Crippen LogP contribution in [0.15, 0.2) is 29.6 Å².